The van der Waals surface area contributed by atoms with Crippen molar-refractivity contribution in [3.8, 4) is 21.7 Å². The van der Waals surface area contributed by atoms with Gasteiger partial charge in [-0.3, -0.25) is 4.98 Å². The molecule has 3 rings (SSSR count). The Labute approximate surface area is 92.4 Å². The van der Waals surface area contributed by atoms with Crippen LogP contribution in [0.4, 0.5) is 0 Å². The predicted molar refractivity (Wildman–Crippen MR) is 63.0 cm³/mol. The largest absolute Gasteiger partial charge is 0.254 e. The maximum Gasteiger partial charge on any atom is 0.0880 e. The van der Waals surface area contributed by atoms with Crippen molar-refractivity contribution in [2.75, 3.05) is 0 Å². The molecule has 1 aromatic rings. The Morgan fingerprint density at radius 2 is 1.93 bits per heavy atom. The van der Waals surface area contributed by atoms with Crippen LogP contribution in [0.2, 0.25) is 0 Å². The number of hydrogen-bond acceptors (Lipinski definition) is 2. The Bertz CT molecular complexity index is 542. The molecule has 2 heteroatoms. The molecule has 0 aromatic heterocycles. The van der Waals surface area contributed by atoms with Gasteiger partial charge in [0.25, 0.3) is 0 Å². The number of rotatable bonds is 1. The molecule has 15 heavy (non-hydrogen) atoms. The van der Waals surface area contributed by atoms with E-state index in [-0.39, 0.29) is 0 Å². The van der Waals surface area contributed by atoms with E-state index < -0.39 is 0 Å². The van der Waals surface area contributed by atoms with Gasteiger partial charge in [0, 0.05) is 17.1 Å². The van der Waals surface area contributed by atoms with Gasteiger partial charge in [-0.2, -0.15) is 0 Å². The summed E-state index contributed by atoms with van der Waals surface area (Å²) in [6.45, 7) is 0. The minimum absolute atomic E-state index is 1.09. The fourth-order valence-electron chi connectivity index (χ4n) is 1.69. The van der Waals surface area contributed by atoms with Crippen molar-refractivity contribution >= 4 is 11.3 Å². The van der Waals surface area contributed by atoms with Crippen LogP contribution in [0.15, 0.2) is 48.0 Å². The first-order valence-electron chi connectivity index (χ1n) is 4.74. The van der Waals surface area contributed by atoms with E-state index in [1.807, 2.05) is 23.7 Å². The maximum atomic E-state index is 4.42. The van der Waals surface area contributed by atoms with Crippen molar-refractivity contribution in [3.05, 3.63) is 54.0 Å². The van der Waals surface area contributed by atoms with E-state index >= 15 is 0 Å². The Morgan fingerprint density at radius 1 is 1.07 bits per heavy atom. The lowest BCUT2D eigenvalue weighted by Crippen LogP contribution is -1.80. The van der Waals surface area contributed by atoms with E-state index in [1.54, 1.807) is 11.3 Å². The molecule has 1 aliphatic heterocycles. The van der Waals surface area contributed by atoms with Gasteiger partial charge in [-0.25, -0.2) is 0 Å². The van der Waals surface area contributed by atoms with Gasteiger partial charge in [0.1, 0.15) is 0 Å². The molecule has 2 aliphatic rings. The van der Waals surface area contributed by atoms with Gasteiger partial charge < -0.3 is 0 Å². The highest BCUT2D eigenvalue weighted by molar-refractivity contribution is 7.13. The third-order valence-electron chi connectivity index (χ3n) is 2.38. The molecule has 0 atom stereocenters. The van der Waals surface area contributed by atoms with Gasteiger partial charge >= 0.3 is 0 Å². The van der Waals surface area contributed by atoms with E-state index in [9.17, 15) is 0 Å². The molecule has 1 radical (unpaired) electrons. The third kappa shape index (κ3) is 1.43. The summed E-state index contributed by atoms with van der Waals surface area (Å²) in [5.74, 6) is 0. The quantitative estimate of drug-likeness (QED) is 0.596. The molecule has 0 amide bonds. The lowest BCUT2D eigenvalue weighted by atomic mass is 10.1. The Balaban J connectivity index is 2.22. The number of benzene rings is 1. The average Bonchev–Trinajstić information content (AvgIpc) is 2.74. The van der Waals surface area contributed by atoms with Crippen molar-refractivity contribution in [2.24, 2.45) is 0 Å². The van der Waals surface area contributed by atoms with Crippen LogP contribution in [0, 0.1) is 6.07 Å². The molecular weight excluding hydrogens is 202 g/mol. The summed E-state index contributed by atoms with van der Waals surface area (Å²) in [5, 5.41) is 2.00. The van der Waals surface area contributed by atoms with Gasteiger partial charge in [0.2, 0.25) is 0 Å². The van der Waals surface area contributed by atoms with E-state index in [1.165, 1.54) is 16.0 Å². The Kier molecular flexibility index (Phi) is 2.00. The van der Waals surface area contributed by atoms with Crippen LogP contribution in [0.25, 0.3) is 21.7 Å². The van der Waals surface area contributed by atoms with Gasteiger partial charge in [-0.1, -0.05) is 30.3 Å². The van der Waals surface area contributed by atoms with Crippen LogP contribution in [-0.4, -0.2) is 4.98 Å². The fraction of sp³-hybridized carbons (Fsp3) is 0. The third-order valence-corrected chi connectivity index (χ3v) is 3.22. The summed E-state index contributed by atoms with van der Waals surface area (Å²) in [4.78, 5) is 5.65. The zero-order chi connectivity index (χ0) is 10.1. The van der Waals surface area contributed by atoms with Crippen molar-refractivity contribution in [3.63, 3.8) is 0 Å². The highest BCUT2D eigenvalue weighted by Crippen LogP contribution is 2.35. The SMILES string of the molecule is [c]1ccc(-c2ccc3sccnc2-3)cc1. The predicted octanol–water partition coefficient (Wildman–Crippen LogP) is 3.72. The second kappa shape index (κ2) is 3.48. The zero-order valence-electron chi connectivity index (χ0n) is 7.97. The minimum Gasteiger partial charge on any atom is -0.254 e. The molecule has 71 valence electrons. The lowest BCUT2D eigenvalue weighted by molar-refractivity contribution is 1.38. The van der Waals surface area contributed by atoms with Crippen molar-refractivity contribution < 1.29 is 0 Å². The number of nitrogens with zero attached hydrogens (tertiary/aromatic N) is 1. The molecule has 1 aromatic carbocycles. The van der Waals surface area contributed by atoms with Gasteiger partial charge in [-0.05, 0) is 17.7 Å². The lowest BCUT2D eigenvalue weighted by Gasteiger charge is -2.01. The van der Waals surface area contributed by atoms with Crippen LogP contribution in [0.5, 0.6) is 0 Å². The topological polar surface area (TPSA) is 12.9 Å². The molecular formula is C13H8NS. The van der Waals surface area contributed by atoms with Crippen LogP contribution in [0.3, 0.4) is 0 Å². The molecule has 1 nitrogen and oxygen atoms in total. The average molecular weight is 210 g/mol. The number of aromatic nitrogens is 1. The smallest absolute Gasteiger partial charge is 0.0880 e. The molecule has 0 bridgehead atoms. The van der Waals surface area contributed by atoms with E-state index in [4.69, 9.17) is 0 Å². The Morgan fingerprint density at radius 3 is 2.80 bits per heavy atom. The van der Waals surface area contributed by atoms with Crippen molar-refractivity contribution in [1.82, 2.24) is 4.98 Å². The summed E-state index contributed by atoms with van der Waals surface area (Å²) in [6, 6.07) is 15.3. The summed E-state index contributed by atoms with van der Waals surface area (Å²) >= 11 is 1.72. The van der Waals surface area contributed by atoms with Gasteiger partial charge in [-0.15, -0.1) is 11.3 Å². The normalized spacial score (nSPS) is 10.7. The monoisotopic (exact) mass is 210 g/mol. The zero-order valence-corrected chi connectivity index (χ0v) is 8.79. The first-order valence-corrected chi connectivity index (χ1v) is 5.62. The highest BCUT2D eigenvalue weighted by atomic mass is 32.1. The van der Waals surface area contributed by atoms with Crippen LogP contribution in [0.1, 0.15) is 0 Å². The molecule has 0 saturated heterocycles. The van der Waals surface area contributed by atoms with E-state index in [2.05, 4.69) is 35.3 Å². The molecule has 1 aliphatic carbocycles. The molecule has 0 N–H and O–H groups in total. The van der Waals surface area contributed by atoms with Crippen molar-refractivity contribution in [1.29, 1.82) is 0 Å². The minimum atomic E-state index is 1.09. The van der Waals surface area contributed by atoms with Crippen LogP contribution >= 0.6 is 11.3 Å². The fourth-order valence-corrected chi connectivity index (χ4v) is 2.38. The molecule has 0 unspecified atom stereocenters. The maximum absolute atomic E-state index is 4.42. The molecule has 0 saturated carbocycles. The standard InChI is InChI=1S/C13H8NS/c1-2-4-10(5-3-1)11-6-7-12-13(11)14-8-9-15-12/h2-9H. The second-order valence-corrected chi connectivity index (χ2v) is 4.23. The Hall–Kier alpha value is -1.67. The van der Waals surface area contributed by atoms with Gasteiger partial charge in [0.05, 0.1) is 10.6 Å². The van der Waals surface area contributed by atoms with Crippen molar-refractivity contribution in [2.45, 2.75) is 0 Å². The molecule has 0 spiro atoms. The summed E-state index contributed by atoms with van der Waals surface area (Å²) < 4.78 is 0. The molecule has 0 fully saturated rings. The van der Waals surface area contributed by atoms with Crippen LogP contribution < -0.4 is 0 Å². The van der Waals surface area contributed by atoms with Gasteiger partial charge in [0.15, 0.2) is 0 Å². The molecule has 1 heterocycles. The number of fused-ring (bicyclic) bond motifs is 1. The first-order chi connectivity index (χ1) is 7.45. The highest BCUT2D eigenvalue weighted by Gasteiger charge is 2.11. The summed E-state index contributed by atoms with van der Waals surface area (Å²) in [7, 11) is 0. The van der Waals surface area contributed by atoms with Crippen LogP contribution in [-0.2, 0) is 0 Å². The van der Waals surface area contributed by atoms with E-state index in [0.29, 0.717) is 0 Å². The summed E-state index contributed by atoms with van der Waals surface area (Å²) in [6.07, 6.45) is 1.85. The second-order valence-electron chi connectivity index (χ2n) is 3.28. The van der Waals surface area contributed by atoms with E-state index in [0.717, 1.165) is 5.69 Å². The summed E-state index contributed by atoms with van der Waals surface area (Å²) in [5.41, 5.74) is 3.50. The number of hydrogen-bond donors (Lipinski definition) is 0. The first kappa shape index (κ1) is 8.62.